The van der Waals surface area contributed by atoms with Crippen molar-refractivity contribution in [2.45, 2.75) is 32.7 Å². The summed E-state index contributed by atoms with van der Waals surface area (Å²) in [4.78, 5) is 36.6. The number of nitro benzene ring substituents is 1. The Morgan fingerprint density at radius 3 is 2.54 bits per heavy atom. The molecule has 2 rings (SSSR count). The molecule has 24 heavy (non-hydrogen) atoms. The molecule has 1 saturated heterocycles. The van der Waals surface area contributed by atoms with Gasteiger partial charge in [-0.25, -0.2) is 0 Å². The number of nitro groups is 1. The molecule has 1 heterocycles. The molecule has 0 spiro atoms. The van der Waals surface area contributed by atoms with Gasteiger partial charge in [0.15, 0.2) is 0 Å². The van der Waals surface area contributed by atoms with Gasteiger partial charge in [0, 0.05) is 31.3 Å². The van der Waals surface area contributed by atoms with E-state index in [-0.39, 0.29) is 29.7 Å². The number of nitrogens with one attached hydrogen (secondary N) is 2. The van der Waals surface area contributed by atoms with Gasteiger partial charge >= 0.3 is 0 Å². The first kappa shape index (κ1) is 17.7. The molecule has 2 amide bonds. The Labute approximate surface area is 140 Å². The second kappa shape index (κ2) is 7.76. The molecule has 0 atom stereocenters. The molecule has 0 radical (unpaired) electrons. The molecule has 1 fully saturated rings. The van der Waals surface area contributed by atoms with Gasteiger partial charge in [-0.05, 0) is 32.8 Å². The Bertz CT molecular complexity index is 639. The largest absolute Gasteiger partial charge is 0.371 e. The van der Waals surface area contributed by atoms with Crippen LogP contribution in [0.15, 0.2) is 18.2 Å². The lowest BCUT2D eigenvalue weighted by atomic mass is 10.1. The van der Waals surface area contributed by atoms with Crippen LogP contribution in [0.25, 0.3) is 0 Å². The molecule has 0 unspecified atom stereocenters. The van der Waals surface area contributed by atoms with Crippen LogP contribution in [-0.2, 0) is 4.79 Å². The van der Waals surface area contributed by atoms with Gasteiger partial charge in [0.1, 0.15) is 0 Å². The van der Waals surface area contributed by atoms with E-state index in [1.807, 2.05) is 18.7 Å². The highest BCUT2D eigenvalue weighted by Crippen LogP contribution is 2.28. The topological polar surface area (TPSA) is 105 Å². The van der Waals surface area contributed by atoms with E-state index >= 15 is 0 Å². The van der Waals surface area contributed by atoms with Gasteiger partial charge in [-0.3, -0.25) is 19.7 Å². The molecular formula is C16H22N4O4. The first-order chi connectivity index (χ1) is 11.4. The molecule has 2 N–H and O–H groups in total. The summed E-state index contributed by atoms with van der Waals surface area (Å²) < 4.78 is 0. The quantitative estimate of drug-likeness (QED) is 0.605. The number of rotatable bonds is 6. The maximum atomic E-state index is 12.4. The molecular weight excluding hydrogens is 312 g/mol. The van der Waals surface area contributed by atoms with Crippen LogP contribution in [0.5, 0.6) is 0 Å². The molecule has 8 nitrogen and oxygen atoms in total. The van der Waals surface area contributed by atoms with Crippen LogP contribution < -0.4 is 15.5 Å². The minimum absolute atomic E-state index is 0.0209. The lowest BCUT2D eigenvalue weighted by Crippen LogP contribution is -2.40. The molecule has 0 aliphatic carbocycles. The molecule has 1 aliphatic rings. The number of carbonyl (C=O) groups is 2. The summed E-state index contributed by atoms with van der Waals surface area (Å²) in [7, 11) is 0. The summed E-state index contributed by atoms with van der Waals surface area (Å²) in [6, 6.07) is 4.25. The summed E-state index contributed by atoms with van der Waals surface area (Å²) in [6.07, 6.45) is 2.05. The fourth-order valence-corrected chi connectivity index (χ4v) is 2.68. The molecule has 0 saturated carbocycles. The van der Waals surface area contributed by atoms with Crippen molar-refractivity contribution in [1.29, 1.82) is 0 Å². The molecule has 130 valence electrons. The van der Waals surface area contributed by atoms with Crippen LogP contribution in [0.4, 0.5) is 11.4 Å². The van der Waals surface area contributed by atoms with E-state index in [1.165, 1.54) is 12.1 Å². The molecule has 0 bridgehead atoms. The highest BCUT2D eigenvalue weighted by molar-refractivity contribution is 6.02. The number of carbonyl (C=O) groups excluding carboxylic acids is 2. The number of hydrogen-bond donors (Lipinski definition) is 2. The van der Waals surface area contributed by atoms with Crippen LogP contribution in [0.1, 0.15) is 37.0 Å². The van der Waals surface area contributed by atoms with Crippen molar-refractivity contribution in [3.8, 4) is 0 Å². The fourth-order valence-electron chi connectivity index (χ4n) is 2.68. The van der Waals surface area contributed by atoms with Crippen LogP contribution in [0.3, 0.4) is 0 Å². The maximum Gasteiger partial charge on any atom is 0.270 e. The predicted octanol–water partition coefficient (Wildman–Crippen LogP) is 1.45. The maximum absolute atomic E-state index is 12.4. The van der Waals surface area contributed by atoms with Gasteiger partial charge in [0.05, 0.1) is 22.7 Å². The van der Waals surface area contributed by atoms with Crippen molar-refractivity contribution in [1.82, 2.24) is 10.6 Å². The van der Waals surface area contributed by atoms with E-state index in [4.69, 9.17) is 0 Å². The Morgan fingerprint density at radius 2 is 1.96 bits per heavy atom. The van der Waals surface area contributed by atoms with Gasteiger partial charge < -0.3 is 15.5 Å². The van der Waals surface area contributed by atoms with Crippen molar-refractivity contribution in [3.63, 3.8) is 0 Å². The average molecular weight is 334 g/mol. The summed E-state index contributed by atoms with van der Waals surface area (Å²) in [5, 5.41) is 16.2. The average Bonchev–Trinajstić information content (AvgIpc) is 3.05. The van der Waals surface area contributed by atoms with Crippen LogP contribution >= 0.6 is 0 Å². The normalized spacial score (nSPS) is 13.9. The van der Waals surface area contributed by atoms with Crippen LogP contribution in [0, 0.1) is 10.1 Å². The van der Waals surface area contributed by atoms with E-state index in [0.717, 1.165) is 25.9 Å². The number of benzene rings is 1. The minimum atomic E-state index is -0.532. The van der Waals surface area contributed by atoms with Gasteiger partial charge in [0.2, 0.25) is 5.91 Å². The number of nitrogens with zero attached hydrogens (tertiary/aromatic N) is 2. The SMILES string of the molecule is CC(C)NC(=O)CNC(=O)c1cc([N+](=O)[O-])ccc1N1CCCC1. The second-order valence-electron chi connectivity index (χ2n) is 6.06. The lowest BCUT2D eigenvalue weighted by molar-refractivity contribution is -0.384. The zero-order chi connectivity index (χ0) is 17.7. The van der Waals surface area contributed by atoms with Crippen LogP contribution in [-0.4, -0.2) is 42.4 Å². The van der Waals surface area contributed by atoms with E-state index in [1.54, 1.807) is 6.07 Å². The van der Waals surface area contributed by atoms with Crippen molar-refractivity contribution in [3.05, 3.63) is 33.9 Å². The Kier molecular flexibility index (Phi) is 5.73. The molecule has 1 aromatic carbocycles. The summed E-state index contributed by atoms with van der Waals surface area (Å²) in [5.74, 6) is -0.786. The lowest BCUT2D eigenvalue weighted by Gasteiger charge is -2.21. The zero-order valence-corrected chi connectivity index (χ0v) is 13.9. The van der Waals surface area contributed by atoms with Gasteiger partial charge in [-0.1, -0.05) is 0 Å². The van der Waals surface area contributed by atoms with Crippen molar-refractivity contribution >= 4 is 23.2 Å². The molecule has 8 heteroatoms. The second-order valence-corrected chi connectivity index (χ2v) is 6.06. The number of amides is 2. The van der Waals surface area contributed by atoms with Crippen molar-refractivity contribution < 1.29 is 14.5 Å². The summed E-state index contributed by atoms with van der Waals surface area (Å²) in [6.45, 7) is 5.11. The first-order valence-corrected chi connectivity index (χ1v) is 7.99. The predicted molar refractivity (Wildman–Crippen MR) is 90.2 cm³/mol. The number of non-ortho nitro benzene ring substituents is 1. The Morgan fingerprint density at radius 1 is 1.29 bits per heavy atom. The Hall–Kier alpha value is -2.64. The standard InChI is InChI=1S/C16H22N4O4/c1-11(2)18-15(21)10-17-16(22)13-9-12(20(23)24)5-6-14(13)19-7-3-4-8-19/h5-6,9,11H,3-4,7-8,10H2,1-2H3,(H,17,22)(H,18,21). The number of anilines is 1. The van der Waals surface area contributed by atoms with Gasteiger partial charge in [-0.2, -0.15) is 0 Å². The third-order valence-electron chi connectivity index (χ3n) is 3.74. The fraction of sp³-hybridized carbons (Fsp3) is 0.500. The highest BCUT2D eigenvalue weighted by atomic mass is 16.6. The summed E-state index contributed by atoms with van der Waals surface area (Å²) in [5.41, 5.74) is 0.748. The third kappa shape index (κ3) is 4.43. The van der Waals surface area contributed by atoms with E-state index in [0.29, 0.717) is 5.69 Å². The number of hydrogen-bond acceptors (Lipinski definition) is 5. The van der Waals surface area contributed by atoms with E-state index < -0.39 is 10.8 Å². The smallest absolute Gasteiger partial charge is 0.270 e. The third-order valence-corrected chi connectivity index (χ3v) is 3.74. The minimum Gasteiger partial charge on any atom is -0.371 e. The first-order valence-electron chi connectivity index (χ1n) is 7.99. The van der Waals surface area contributed by atoms with E-state index in [9.17, 15) is 19.7 Å². The molecule has 0 aromatic heterocycles. The molecule has 1 aliphatic heterocycles. The van der Waals surface area contributed by atoms with Gasteiger partial charge in [0.25, 0.3) is 11.6 Å². The highest BCUT2D eigenvalue weighted by Gasteiger charge is 2.22. The van der Waals surface area contributed by atoms with Crippen LogP contribution in [0.2, 0.25) is 0 Å². The molecule has 1 aromatic rings. The van der Waals surface area contributed by atoms with E-state index in [2.05, 4.69) is 10.6 Å². The van der Waals surface area contributed by atoms with Crippen molar-refractivity contribution in [2.24, 2.45) is 0 Å². The van der Waals surface area contributed by atoms with Gasteiger partial charge in [-0.15, -0.1) is 0 Å². The monoisotopic (exact) mass is 334 g/mol. The Balaban J connectivity index is 2.18. The zero-order valence-electron chi connectivity index (χ0n) is 13.9. The summed E-state index contributed by atoms with van der Waals surface area (Å²) >= 11 is 0. The van der Waals surface area contributed by atoms with Crippen molar-refractivity contribution in [2.75, 3.05) is 24.5 Å².